The summed E-state index contributed by atoms with van der Waals surface area (Å²) in [5.74, 6) is 4.25. The van der Waals surface area contributed by atoms with E-state index < -0.39 is 96.3 Å². The molecule has 6 amide bonds. The molecule has 0 aliphatic carbocycles. The highest BCUT2D eigenvalue weighted by Crippen LogP contribution is 2.27. The van der Waals surface area contributed by atoms with E-state index in [1.54, 1.807) is 88.6 Å². The average molecular weight is 1050 g/mol. The Kier molecular flexibility index (Phi) is 23.7. The topological polar surface area (TPSA) is 182 Å². The highest BCUT2D eigenvalue weighted by Gasteiger charge is 2.46. The van der Waals surface area contributed by atoms with Crippen LogP contribution in [0.4, 0.5) is 26.3 Å². The van der Waals surface area contributed by atoms with Crippen LogP contribution in [0.2, 0.25) is 0 Å². The van der Waals surface area contributed by atoms with Crippen LogP contribution in [0.5, 0.6) is 0 Å². The number of carbonyl (C=O) groups excluding carboxylic acids is 6. The van der Waals surface area contributed by atoms with Crippen LogP contribution in [0, 0.1) is 23.7 Å². The summed E-state index contributed by atoms with van der Waals surface area (Å²) in [6.45, 7) is 4.78. The van der Waals surface area contributed by atoms with Gasteiger partial charge in [0, 0.05) is 51.4 Å². The normalized spacial score (nSPS) is 18.1. The SMILES string of the molecule is CN[C@@H](C)C(=O)N[C@H](C(=O)N1CCC[C@H]1CN(CCc1ccccc1)C(=O)C(F)(F)F)[C@@H](C)OCC#CC#CCO[C@H](C)[C@H](NC(=O)[C@@H](C)NC)C(=O)N1CCC[C@H]1CN(CCc1ccccc1)C(=O)C(F)(F)F. The van der Waals surface area contributed by atoms with E-state index in [0.29, 0.717) is 35.5 Å². The number of carbonyl (C=O) groups is 6. The summed E-state index contributed by atoms with van der Waals surface area (Å²) in [7, 11) is 3.10. The molecule has 2 heterocycles. The standard InChI is InChI=1S/C52H68F6N8O8/c1-35(59-5)45(67)61-43(47(69)65-27-17-23-41(65)33-63(49(71)51(53,54)55)29-25-39-19-11-9-12-20-39)37(3)73-31-15-7-8-16-32-74-38(4)44(62-46(68)36(2)60-6)48(70)66-28-18-24-42(66)34-64(50(72)52(56,57)58)30-26-40-21-13-10-14-22-40/h9-14,19-22,35-38,41-44,59-60H,17-18,23-34H2,1-6H3,(H,61,67)(H,62,68)/t35-,36+,37-,38-,41+,42+,43+,44+/m1/s1. The van der Waals surface area contributed by atoms with Gasteiger partial charge in [0.1, 0.15) is 25.3 Å². The number of likely N-dealkylation sites (N-methyl/N-ethyl adjacent to an activating group) is 2. The molecule has 8 atom stereocenters. The number of likely N-dealkylation sites (tertiary alicyclic amines) is 2. The molecular formula is C52H68F6N8O8. The Hall–Kier alpha value is -6.20. The molecule has 22 heteroatoms. The Balaban J connectivity index is 1.41. The maximum atomic E-state index is 14.2. The van der Waals surface area contributed by atoms with Gasteiger partial charge in [0.2, 0.25) is 23.6 Å². The maximum Gasteiger partial charge on any atom is 0.471 e. The number of nitrogens with zero attached hydrogens (tertiary/aromatic N) is 4. The fourth-order valence-electron chi connectivity index (χ4n) is 8.50. The van der Waals surface area contributed by atoms with E-state index in [4.69, 9.17) is 9.47 Å². The van der Waals surface area contributed by atoms with Crippen LogP contribution in [-0.4, -0.2) is 182 Å². The smallest absolute Gasteiger partial charge is 0.363 e. The van der Waals surface area contributed by atoms with Crippen LogP contribution in [0.3, 0.4) is 0 Å². The van der Waals surface area contributed by atoms with Gasteiger partial charge in [-0.1, -0.05) is 72.5 Å². The lowest BCUT2D eigenvalue weighted by atomic mass is 10.1. The van der Waals surface area contributed by atoms with Gasteiger partial charge in [0.15, 0.2) is 0 Å². The van der Waals surface area contributed by atoms with Crippen molar-refractivity contribution in [2.45, 2.75) is 127 Å². The molecule has 2 aromatic carbocycles. The Bertz CT molecular complexity index is 2150. The van der Waals surface area contributed by atoms with E-state index in [0.717, 1.165) is 11.1 Å². The maximum absolute atomic E-state index is 14.2. The third-order valence-electron chi connectivity index (χ3n) is 13.1. The monoisotopic (exact) mass is 1050 g/mol. The molecule has 0 spiro atoms. The van der Waals surface area contributed by atoms with Crippen LogP contribution in [0.15, 0.2) is 60.7 Å². The molecule has 4 rings (SSSR count). The second-order valence-corrected chi connectivity index (χ2v) is 18.3. The molecule has 0 radical (unpaired) electrons. The summed E-state index contributed by atoms with van der Waals surface area (Å²) in [5.41, 5.74) is 1.47. The van der Waals surface area contributed by atoms with E-state index in [-0.39, 0.29) is 65.3 Å². The van der Waals surface area contributed by atoms with Crippen molar-refractivity contribution in [3.63, 3.8) is 0 Å². The van der Waals surface area contributed by atoms with Gasteiger partial charge in [0.25, 0.3) is 0 Å². The second-order valence-electron chi connectivity index (χ2n) is 18.3. The number of rotatable bonds is 24. The number of amides is 6. The zero-order chi connectivity index (χ0) is 54.6. The molecule has 0 bridgehead atoms. The van der Waals surface area contributed by atoms with Crippen molar-refractivity contribution in [3.05, 3.63) is 71.8 Å². The largest absolute Gasteiger partial charge is 0.471 e. The molecular weight excluding hydrogens is 979 g/mol. The van der Waals surface area contributed by atoms with E-state index in [9.17, 15) is 55.1 Å². The molecule has 0 unspecified atom stereocenters. The number of halogens is 6. The van der Waals surface area contributed by atoms with Gasteiger partial charge in [-0.05, 0) is 103 Å². The Labute approximate surface area is 429 Å². The molecule has 0 aromatic heterocycles. The molecule has 2 aliphatic rings. The van der Waals surface area contributed by atoms with Gasteiger partial charge in [0.05, 0.1) is 24.3 Å². The van der Waals surface area contributed by atoms with Gasteiger partial charge < -0.3 is 50.3 Å². The van der Waals surface area contributed by atoms with E-state index >= 15 is 0 Å². The van der Waals surface area contributed by atoms with E-state index in [2.05, 4.69) is 44.9 Å². The summed E-state index contributed by atoms with van der Waals surface area (Å²) in [6, 6.07) is 11.9. The van der Waals surface area contributed by atoms with Crippen molar-refractivity contribution in [2.24, 2.45) is 0 Å². The molecule has 2 saturated heterocycles. The zero-order valence-corrected chi connectivity index (χ0v) is 42.6. The molecule has 406 valence electrons. The first-order valence-electron chi connectivity index (χ1n) is 24.6. The number of hydrogen-bond acceptors (Lipinski definition) is 10. The van der Waals surface area contributed by atoms with Crippen molar-refractivity contribution < 1.29 is 64.6 Å². The molecule has 4 N–H and O–H groups in total. The summed E-state index contributed by atoms with van der Waals surface area (Å²) >= 11 is 0. The highest BCUT2D eigenvalue weighted by molar-refractivity contribution is 5.91. The molecule has 0 saturated carbocycles. The minimum atomic E-state index is -5.14. The van der Waals surface area contributed by atoms with Crippen LogP contribution < -0.4 is 21.3 Å². The van der Waals surface area contributed by atoms with Gasteiger partial charge in [-0.2, -0.15) is 26.3 Å². The lowest BCUT2D eigenvalue weighted by molar-refractivity contribution is -0.186. The summed E-state index contributed by atoms with van der Waals surface area (Å²) < 4.78 is 94.5. The van der Waals surface area contributed by atoms with Gasteiger partial charge >= 0.3 is 24.2 Å². The van der Waals surface area contributed by atoms with Gasteiger partial charge in [-0.15, -0.1) is 0 Å². The lowest BCUT2D eigenvalue weighted by Crippen LogP contribution is -2.59. The quantitative estimate of drug-likeness (QED) is 0.0901. The first-order chi connectivity index (χ1) is 35.1. The first kappa shape index (κ1) is 60.4. The van der Waals surface area contributed by atoms with Crippen molar-refractivity contribution in [2.75, 3.05) is 66.6 Å². The first-order valence-corrected chi connectivity index (χ1v) is 24.6. The predicted molar refractivity (Wildman–Crippen MR) is 262 cm³/mol. The van der Waals surface area contributed by atoms with E-state index in [1.165, 1.54) is 23.6 Å². The van der Waals surface area contributed by atoms with Gasteiger partial charge in [-0.3, -0.25) is 28.8 Å². The average Bonchev–Trinajstić information content (AvgIpc) is 4.06. The zero-order valence-electron chi connectivity index (χ0n) is 42.6. The van der Waals surface area contributed by atoms with Crippen molar-refractivity contribution in [1.82, 2.24) is 40.9 Å². The van der Waals surface area contributed by atoms with E-state index in [1.807, 2.05) is 0 Å². The lowest BCUT2D eigenvalue weighted by Gasteiger charge is -2.35. The number of benzene rings is 2. The number of hydrogen-bond donors (Lipinski definition) is 4. The third-order valence-corrected chi connectivity index (χ3v) is 13.1. The molecule has 2 fully saturated rings. The molecule has 2 aromatic rings. The Morgan fingerprint density at radius 3 is 1.28 bits per heavy atom. The summed E-state index contributed by atoms with van der Waals surface area (Å²) in [6.07, 6.45) is -10.4. The highest BCUT2D eigenvalue weighted by atomic mass is 19.4. The van der Waals surface area contributed by atoms with Crippen LogP contribution >= 0.6 is 0 Å². The molecule has 2 aliphatic heterocycles. The minimum absolute atomic E-state index is 0.159. The second kappa shape index (κ2) is 29.0. The number of alkyl halides is 6. The molecule has 74 heavy (non-hydrogen) atoms. The third kappa shape index (κ3) is 18.3. The predicted octanol–water partition coefficient (Wildman–Crippen LogP) is 3.24. The Morgan fingerprint density at radius 1 is 0.608 bits per heavy atom. The van der Waals surface area contributed by atoms with Crippen molar-refractivity contribution in [1.29, 1.82) is 0 Å². The fourth-order valence-corrected chi connectivity index (χ4v) is 8.50. The number of ether oxygens (including phenoxy) is 2. The van der Waals surface area contributed by atoms with Crippen molar-refractivity contribution >= 4 is 35.4 Å². The van der Waals surface area contributed by atoms with Crippen LogP contribution in [0.1, 0.15) is 64.5 Å². The summed E-state index contributed by atoms with van der Waals surface area (Å²) in [4.78, 5) is 84.0. The van der Waals surface area contributed by atoms with Gasteiger partial charge in [-0.25, -0.2) is 0 Å². The van der Waals surface area contributed by atoms with Crippen LogP contribution in [0.25, 0.3) is 0 Å². The fraction of sp³-hybridized carbons (Fsp3) is 0.577. The Morgan fingerprint density at radius 2 is 0.959 bits per heavy atom. The number of nitrogens with one attached hydrogen (secondary N) is 4. The van der Waals surface area contributed by atoms with Crippen molar-refractivity contribution in [3.8, 4) is 23.7 Å². The summed E-state index contributed by atoms with van der Waals surface area (Å²) in [5, 5.41) is 11.0. The van der Waals surface area contributed by atoms with Crippen LogP contribution in [-0.2, 0) is 51.1 Å². The molecule has 16 nitrogen and oxygen atoms in total. The minimum Gasteiger partial charge on any atom is -0.363 e.